The number of rotatable bonds is 4. The van der Waals surface area contributed by atoms with Crippen LogP contribution < -0.4 is 5.32 Å². The summed E-state index contributed by atoms with van der Waals surface area (Å²) in [5.74, 6) is -0.164. The molecule has 1 atom stereocenters. The summed E-state index contributed by atoms with van der Waals surface area (Å²) in [5.41, 5.74) is 0.671. The van der Waals surface area contributed by atoms with Gasteiger partial charge in [-0.2, -0.15) is 0 Å². The maximum atomic E-state index is 9.68. The van der Waals surface area contributed by atoms with Gasteiger partial charge in [0.05, 0.1) is 4.34 Å². The number of halogens is 1. The van der Waals surface area contributed by atoms with Crippen LogP contribution in [0.4, 0.5) is 0 Å². The number of hydrogen-bond acceptors (Lipinski definition) is 4. The van der Waals surface area contributed by atoms with Gasteiger partial charge in [0.2, 0.25) is 0 Å². The smallest absolute Gasteiger partial charge is 0.161 e. The van der Waals surface area contributed by atoms with Crippen molar-refractivity contribution in [3.05, 3.63) is 45.1 Å². The van der Waals surface area contributed by atoms with Crippen molar-refractivity contribution in [2.24, 2.45) is 0 Å². The molecule has 96 valence electrons. The lowest BCUT2D eigenvalue weighted by molar-refractivity contribution is 0.396. The zero-order valence-electron chi connectivity index (χ0n) is 9.85. The molecule has 0 saturated heterocycles. The van der Waals surface area contributed by atoms with E-state index in [0.29, 0.717) is 12.1 Å². The Morgan fingerprint density at radius 3 is 2.72 bits per heavy atom. The summed E-state index contributed by atoms with van der Waals surface area (Å²) < 4.78 is 0.763. The Balaban J connectivity index is 2.01. The predicted molar refractivity (Wildman–Crippen MR) is 74.4 cm³/mol. The molecule has 3 nitrogen and oxygen atoms in total. The predicted octanol–water partition coefficient (Wildman–Crippen LogP) is 3.66. The van der Waals surface area contributed by atoms with Gasteiger partial charge in [-0.25, -0.2) is 0 Å². The summed E-state index contributed by atoms with van der Waals surface area (Å²) in [6.07, 6.45) is 0. The van der Waals surface area contributed by atoms with Crippen LogP contribution in [0.2, 0.25) is 4.34 Å². The van der Waals surface area contributed by atoms with Gasteiger partial charge in [-0.1, -0.05) is 23.7 Å². The average molecular weight is 284 g/mol. The summed E-state index contributed by atoms with van der Waals surface area (Å²) >= 11 is 7.41. The number of para-hydroxylation sites is 1. The van der Waals surface area contributed by atoms with Crippen LogP contribution in [0.3, 0.4) is 0 Å². The minimum Gasteiger partial charge on any atom is -0.504 e. The maximum Gasteiger partial charge on any atom is 0.161 e. The summed E-state index contributed by atoms with van der Waals surface area (Å²) in [5, 5.41) is 22.3. The first-order valence-corrected chi connectivity index (χ1v) is 6.76. The Morgan fingerprint density at radius 2 is 2.06 bits per heavy atom. The van der Waals surface area contributed by atoms with Crippen molar-refractivity contribution in [3.63, 3.8) is 0 Å². The Hall–Kier alpha value is -1.23. The Kier molecular flexibility index (Phi) is 4.11. The number of phenolic OH excluding ortho intramolecular Hbond substituents is 2. The molecule has 0 spiro atoms. The summed E-state index contributed by atoms with van der Waals surface area (Å²) in [7, 11) is 0. The van der Waals surface area contributed by atoms with E-state index in [9.17, 15) is 10.2 Å². The fourth-order valence-corrected chi connectivity index (χ4v) is 2.73. The molecule has 5 heteroatoms. The fourth-order valence-electron chi connectivity index (χ4n) is 1.65. The van der Waals surface area contributed by atoms with Crippen molar-refractivity contribution in [2.75, 3.05) is 0 Å². The molecule has 0 amide bonds. The average Bonchev–Trinajstić information content (AvgIpc) is 2.77. The van der Waals surface area contributed by atoms with Gasteiger partial charge in [0.25, 0.3) is 0 Å². The fraction of sp³-hybridized carbons (Fsp3) is 0.231. The van der Waals surface area contributed by atoms with E-state index >= 15 is 0 Å². The highest BCUT2D eigenvalue weighted by Gasteiger charge is 2.10. The molecule has 0 aliphatic carbocycles. The standard InChI is InChI=1S/C13H14ClNO2S/c1-8(11-5-6-12(14)18-11)15-7-9-3-2-4-10(16)13(9)17/h2-6,8,15-17H,7H2,1H3. The van der Waals surface area contributed by atoms with Crippen molar-refractivity contribution in [2.45, 2.75) is 19.5 Å². The molecule has 0 fully saturated rings. The van der Waals surface area contributed by atoms with E-state index in [1.807, 2.05) is 19.1 Å². The lowest BCUT2D eigenvalue weighted by Crippen LogP contribution is -2.17. The first-order valence-electron chi connectivity index (χ1n) is 5.56. The van der Waals surface area contributed by atoms with E-state index in [2.05, 4.69) is 5.32 Å². The molecule has 1 aromatic heterocycles. The van der Waals surface area contributed by atoms with Gasteiger partial charge < -0.3 is 15.5 Å². The number of thiophene rings is 1. The van der Waals surface area contributed by atoms with Crippen molar-refractivity contribution >= 4 is 22.9 Å². The monoisotopic (exact) mass is 283 g/mol. The topological polar surface area (TPSA) is 52.5 Å². The summed E-state index contributed by atoms with van der Waals surface area (Å²) in [6, 6.07) is 8.93. The molecule has 3 N–H and O–H groups in total. The lowest BCUT2D eigenvalue weighted by atomic mass is 10.1. The van der Waals surface area contributed by atoms with Gasteiger partial charge >= 0.3 is 0 Å². The van der Waals surface area contributed by atoms with Crippen LogP contribution in [0, 0.1) is 0 Å². The quantitative estimate of drug-likeness (QED) is 0.751. The van der Waals surface area contributed by atoms with Gasteiger partial charge in [0, 0.05) is 23.0 Å². The van der Waals surface area contributed by atoms with Crippen LogP contribution in [0.15, 0.2) is 30.3 Å². The molecule has 2 aromatic rings. The minimum atomic E-state index is -0.0962. The third kappa shape index (κ3) is 2.96. The molecular weight excluding hydrogens is 270 g/mol. The number of nitrogens with one attached hydrogen (secondary N) is 1. The van der Waals surface area contributed by atoms with Crippen molar-refractivity contribution in [3.8, 4) is 11.5 Å². The highest BCUT2D eigenvalue weighted by molar-refractivity contribution is 7.16. The molecule has 1 heterocycles. The largest absolute Gasteiger partial charge is 0.504 e. The lowest BCUT2D eigenvalue weighted by Gasteiger charge is -2.13. The molecule has 1 unspecified atom stereocenters. The van der Waals surface area contributed by atoms with Crippen LogP contribution in [0.5, 0.6) is 11.5 Å². The van der Waals surface area contributed by atoms with Gasteiger partial charge in [0.1, 0.15) is 0 Å². The minimum absolute atomic E-state index is 0.0681. The molecule has 0 bridgehead atoms. The second-order valence-electron chi connectivity index (χ2n) is 4.03. The van der Waals surface area contributed by atoms with E-state index in [1.54, 1.807) is 12.1 Å². The first kappa shape index (κ1) is 13.2. The zero-order valence-corrected chi connectivity index (χ0v) is 11.4. The van der Waals surface area contributed by atoms with Crippen molar-refractivity contribution in [1.82, 2.24) is 5.32 Å². The van der Waals surface area contributed by atoms with E-state index in [1.165, 1.54) is 17.4 Å². The van der Waals surface area contributed by atoms with Gasteiger partial charge in [-0.3, -0.25) is 0 Å². The molecular formula is C13H14ClNO2S. The van der Waals surface area contributed by atoms with Crippen molar-refractivity contribution in [1.29, 1.82) is 0 Å². The van der Waals surface area contributed by atoms with Crippen molar-refractivity contribution < 1.29 is 10.2 Å². The van der Waals surface area contributed by atoms with Crippen LogP contribution in [0.1, 0.15) is 23.4 Å². The third-order valence-corrected chi connectivity index (χ3v) is 4.13. The Morgan fingerprint density at radius 1 is 1.28 bits per heavy atom. The van der Waals surface area contributed by atoms with Gasteiger partial charge in [-0.05, 0) is 25.1 Å². The number of aromatic hydroxyl groups is 2. The summed E-state index contributed by atoms with van der Waals surface area (Å²) in [6.45, 7) is 2.51. The molecule has 1 aromatic carbocycles. The number of benzene rings is 1. The van der Waals surface area contributed by atoms with Gasteiger partial charge in [0.15, 0.2) is 11.5 Å². The Labute approximate surface area is 115 Å². The highest BCUT2D eigenvalue weighted by Crippen LogP contribution is 2.30. The molecule has 2 rings (SSSR count). The normalized spacial score (nSPS) is 12.6. The first-order chi connectivity index (χ1) is 8.58. The van der Waals surface area contributed by atoms with Crippen LogP contribution >= 0.6 is 22.9 Å². The Bertz CT molecular complexity index is 542. The van der Waals surface area contributed by atoms with Gasteiger partial charge in [-0.15, -0.1) is 11.3 Å². The SMILES string of the molecule is CC(NCc1cccc(O)c1O)c1ccc(Cl)s1. The second-order valence-corrected chi connectivity index (χ2v) is 5.78. The van der Waals surface area contributed by atoms with Crippen LogP contribution in [0.25, 0.3) is 0 Å². The third-order valence-electron chi connectivity index (χ3n) is 2.72. The molecule has 0 saturated carbocycles. The molecule has 0 radical (unpaired) electrons. The van der Waals surface area contributed by atoms with E-state index < -0.39 is 0 Å². The molecule has 0 aliphatic rings. The number of hydrogen-bond donors (Lipinski definition) is 3. The zero-order chi connectivity index (χ0) is 13.1. The second kappa shape index (κ2) is 5.61. The van der Waals surface area contributed by atoms with Crippen LogP contribution in [-0.2, 0) is 6.54 Å². The molecule has 18 heavy (non-hydrogen) atoms. The highest BCUT2D eigenvalue weighted by atomic mass is 35.5. The van der Waals surface area contributed by atoms with Crippen LogP contribution in [-0.4, -0.2) is 10.2 Å². The van der Waals surface area contributed by atoms with E-state index in [-0.39, 0.29) is 17.5 Å². The maximum absolute atomic E-state index is 9.68. The summed E-state index contributed by atoms with van der Waals surface area (Å²) in [4.78, 5) is 1.14. The van der Waals surface area contributed by atoms with E-state index in [0.717, 1.165) is 9.21 Å². The number of phenols is 2. The molecule has 0 aliphatic heterocycles. The van der Waals surface area contributed by atoms with E-state index in [4.69, 9.17) is 11.6 Å².